The number of hydrogen-bond donors (Lipinski definition) is 2. The molecule has 8 heteroatoms. The minimum atomic E-state index is -1.03. The number of aromatic nitrogens is 4. The van der Waals surface area contributed by atoms with Crippen molar-refractivity contribution in [2.45, 2.75) is 33.2 Å². The molecule has 0 radical (unpaired) electrons. The lowest BCUT2D eigenvalue weighted by Gasteiger charge is -2.14. The zero-order valence-corrected chi connectivity index (χ0v) is 15.9. The summed E-state index contributed by atoms with van der Waals surface area (Å²) in [7, 11) is 1.45. The molecule has 0 unspecified atom stereocenters. The van der Waals surface area contributed by atoms with Crippen LogP contribution in [0.4, 0.5) is 5.82 Å². The van der Waals surface area contributed by atoms with Crippen LogP contribution in [0.1, 0.15) is 48.4 Å². The summed E-state index contributed by atoms with van der Waals surface area (Å²) in [4.78, 5) is 25.2. The van der Waals surface area contributed by atoms with Crippen LogP contribution in [0.2, 0.25) is 0 Å². The number of hydrogen-bond acceptors (Lipinski definition) is 6. The van der Waals surface area contributed by atoms with E-state index in [0.29, 0.717) is 18.1 Å². The van der Waals surface area contributed by atoms with E-state index in [1.807, 2.05) is 31.4 Å². The van der Waals surface area contributed by atoms with Gasteiger partial charge in [-0.2, -0.15) is 0 Å². The highest BCUT2D eigenvalue weighted by atomic mass is 16.5. The Kier molecular flexibility index (Phi) is 5.25. The van der Waals surface area contributed by atoms with E-state index in [1.165, 1.54) is 7.11 Å². The first-order valence-corrected chi connectivity index (χ1v) is 8.81. The van der Waals surface area contributed by atoms with E-state index in [2.05, 4.69) is 20.3 Å². The third-order valence-electron chi connectivity index (χ3n) is 4.19. The first kappa shape index (κ1) is 18.6. The average molecular weight is 369 g/mol. The summed E-state index contributed by atoms with van der Waals surface area (Å²) in [5.74, 6) is 1.67. The summed E-state index contributed by atoms with van der Waals surface area (Å²) in [5.41, 5.74) is 1.65. The lowest BCUT2D eigenvalue weighted by atomic mass is 10.1. The molecule has 0 aromatic heterocycles. The maximum absolute atomic E-state index is 11.5. The van der Waals surface area contributed by atoms with E-state index in [9.17, 15) is 9.90 Å². The molecule has 2 aliphatic heterocycles. The number of rotatable bonds is 7. The minimum absolute atomic E-state index is 0.125. The zero-order chi connectivity index (χ0) is 19.6. The second-order valence-corrected chi connectivity index (χ2v) is 6.50. The van der Waals surface area contributed by atoms with Crippen molar-refractivity contribution in [3.63, 3.8) is 0 Å². The van der Waals surface area contributed by atoms with E-state index in [-0.39, 0.29) is 11.5 Å². The molecule has 0 saturated heterocycles. The molecule has 1 aromatic rings. The standard InChI is InChI=1S/C19H23N5O3/c1-5-20-17-15-18(23-16(22-15)11(2)3)24(10-21-17)9-12-6-7-14(27-4)13(8-12)19(25)26/h6-8,10-11,20H,5,9H2,1-4H3,(H,25,26). The van der Waals surface area contributed by atoms with Gasteiger partial charge in [-0.1, -0.05) is 19.9 Å². The molecule has 2 heterocycles. The topological polar surface area (TPSA) is 102 Å². The van der Waals surface area contributed by atoms with E-state index >= 15 is 0 Å². The van der Waals surface area contributed by atoms with Crippen molar-refractivity contribution in [2.24, 2.45) is 0 Å². The SMILES string of the molecule is CCNc1ncn(Cc2ccc(OC)c(C(=O)O)c2)c2nc(C(C)C)nc1-2. The summed E-state index contributed by atoms with van der Waals surface area (Å²) in [5, 5.41) is 12.6. The molecule has 27 heavy (non-hydrogen) atoms. The normalized spacial score (nSPS) is 11.1. The first-order chi connectivity index (χ1) is 12.9. The van der Waals surface area contributed by atoms with Crippen molar-refractivity contribution in [1.29, 1.82) is 0 Å². The van der Waals surface area contributed by atoms with Gasteiger partial charge in [0, 0.05) is 12.5 Å². The molecule has 2 N–H and O–H groups in total. The van der Waals surface area contributed by atoms with Crippen LogP contribution in [-0.4, -0.2) is 44.2 Å². The van der Waals surface area contributed by atoms with Crippen LogP contribution in [0.5, 0.6) is 5.75 Å². The number of carboxylic acids is 1. The molecule has 8 nitrogen and oxygen atoms in total. The van der Waals surface area contributed by atoms with Crippen LogP contribution >= 0.6 is 0 Å². The Morgan fingerprint density at radius 3 is 2.74 bits per heavy atom. The number of methoxy groups -OCH3 is 1. The smallest absolute Gasteiger partial charge is 0.339 e. The molecule has 0 aliphatic carbocycles. The number of anilines is 1. The maximum atomic E-state index is 11.5. The van der Waals surface area contributed by atoms with Gasteiger partial charge in [0.15, 0.2) is 17.3 Å². The molecule has 3 rings (SSSR count). The Morgan fingerprint density at radius 2 is 2.11 bits per heavy atom. The number of imidazole rings is 1. The lowest BCUT2D eigenvalue weighted by molar-refractivity contribution is 0.0693. The molecule has 0 fully saturated rings. The number of nitrogens with zero attached hydrogens (tertiary/aromatic N) is 4. The Labute approximate surface area is 157 Å². The maximum Gasteiger partial charge on any atom is 0.339 e. The predicted molar refractivity (Wildman–Crippen MR) is 102 cm³/mol. The molecule has 2 aliphatic rings. The third-order valence-corrected chi connectivity index (χ3v) is 4.19. The first-order valence-electron chi connectivity index (χ1n) is 8.81. The van der Waals surface area contributed by atoms with Crippen LogP contribution < -0.4 is 10.1 Å². The molecular formula is C19H23N5O3. The molecule has 0 bridgehead atoms. The van der Waals surface area contributed by atoms with Gasteiger partial charge in [0.2, 0.25) is 0 Å². The van der Waals surface area contributed by atoms with Gasteiger partial charge in [-0.25, -0.2) is 19.7 Å². The summed E-state index contributed by atoms with van der Waals surface area (Å²) < 4.78 is 7.00. The van der Waals surface area contributed by atoms with Crippen LogP contribution in [0.15, 0.2) is 24.5 Å². The van der Waals surface area contributed by atoms with Crippen LogP contribution in [0.25, 0.3) is 11.5 Å². The zero-order valence-electron chi connectivity index (χ0n) is 15.9. The van der Waals surface area contributed by atoms with Crippen molar-refractivity contribution in [3.05, 3.63) is 41.5 Å². The van der Waals surface area contributed by atoms with Crippen molar-refractivity contribution < 1.29 is 14.6 Å². The predicted octanol–water partition coefficient (Wildman–Crippen LogP) is 3.09. The van der Waals surface area contributed by atoms with E-state index in [4.69, 9.17) is 4.74 Å². The average Bonchev–Trinajstić information content (AvgIpc) is 3.10. The number of ether oxygens (including phenoxy) is 1. The fourth-order valence-corrected chi connectivity index (χ4v) is 2.84. The number of fused-ring (bicyclic) bond motifs is 1. The molecular weight excluding hydrogens is 346 g/mol. The van der Waals surface area contributed by atoms with Gasteiger partial charge in [-0.05, 0) is 24.6 Å². The number of carbonyl (C=O) groups is 1. The number of nitrogens with one attached hydrogen (secondary N) is 1. The molecule has 0 atom stereocenters. The van der Waals surface area contributed by atoms with Gasteiger partial charge >= 0.3 is 5.97 Å². The quantitative estimate of drug-likeness (QED) is 0.660. The van der Waals surface area contributed by atoms with Gasteiger partial charge in [-0.15, -0.1) is 0 Å². The van der Waals surface area contributed by atoms with Crippen LogP contribution in [0.3, 0.4) is 0 Å². The second kappa shape index (κ2) is 7.61. The summed E-state index contributed by atoms with van der Waals surface area (Å²) in [6.07, 6.45) is 1.70. The molecule has 0 amide bonds. The fraction of sp³-hybridized carbons (Fsp3) is 0.368. The van der Waals surface area contributed by atoms with Crippen molar-refractivity contribution >= 4 is 11.8 Å². The van der Waals surface area contributed by atoms with E-state index in [1.54, 1.807) is 18.5 Å². The van der Waals surface area contributed by atoms with Crippen LogP contribution in [-0.2, 0) is 6.54 Å². The third kappa shape index (κ3) is 3.69. The number of aromatic carboxylic acids is 1. The summed E-state index contributed by atoms with van der Waals surface area (Å²) >= 11 is 0. The Hall–Kier alpha value is -3.16. The van der Waals surface area contributed by atoms with Crippen molar-refractivity contribution in [1.82, 2.24) is 19.5 Å². The van der Waals surface area contributed by atoms with Gasteiger partial charge in [0.1, 0.15) is 17.1 Å². The van der Waals surface area contributed by atoms with Crippen LogP contribution in [0, 0.1) is 0 Å². The highest BCUT2D eigenvalue weighted by Gasteiger charge is 2.21. The summed E-state index contributed by atoms with van der Waals surface area (Å²) in [6.45, 7) is 7.24. The van der Waals surface area contributed by atoms with E-state index < -0.39 is 5.97 Å². The van der Waals surface area contributed by atoms with Gasteiger partial charge in [0.05, 0.1) is 20.0 Å². The molecule has 1 aromatic carbocycles. The Balaban J connectivity index is 2.03. The Morgan fingerprint density at radius 1 is 1.33 bits per heavy atom. The molecule has 0 saturated carbocycles. The van der Waals surface area contributed by atoms with Gasteiger partial charge < -0.3 is 19.7 Å². The highest BCUT2D eigenvalue weighted by Crippen LogP contribution is 2.29. The van der Waals surface area contributed by atoms with Gasteiger partial charge in [0.25, 0.3) is 0 Å². The highest BCUT2D eigenvalue weighted by molar-refractivity contribution is 5.91. The number of benzene rings is 1. The minimum Gasteiger partial charge on any atom is -0.496 e. The number of carboxylic acid groups (broad SMARTS) is 1. The second-order valence-electron chi connectivity index (χ2n) is 6.50. The van der Waals surface area contributed by atoms with E-state index in [0.717, 1.165) is 29.5 Å². The largest absolute Gasteiger partial charge is 0.496 e. The lowest BCUT2D eigenvalue weighted by Crippen LogP contribution is -2.11. The summed E-state index contributed by atoms with van der Waals surface area (Å²) in [6, 6.07) is 5.10. The molecule has 0 spiro atoms. The van der Waals surface area contributed by atoms with Gasteiger partial charge in [-0.3, -0.25) is 0 Å². The molecule has 142 valence electrons. The monoisotopic (exact) mass is 369 g/mol. The van der Waals surface area contributed by atoms with Crippen molar-refractivity contribution in [3.8, 4) is 17.3 Å². The van der Waals surface area contributed by atoms with Crippen molar-refractivity contribution in [2.75, 3.05) is 19.0 Å². The fourth-order valence-electron chi connectivity index (χ4n) is 2.84. The Bertz CT molecular complexity index is 935.